The van der Waals surface area contributed by atoms with E-state index in [0.717, 1.165) is 12.1 Å². The molecule has 1 unspecified atom stereocenters. The zero-order valence-corrected chi connectivity index (χ0v) is 11.6. The molecule has 0 aromatic heterocycles. The molecule has 1 nitrogen and oxygen atoms in total. The van der Waals surface area contributed by atoms with Crippen LogP contribution in [0.3, 0.4) is 0 Å². The van der Waals surface area contributed by atoms with Gasteiger partial charge in [-0.25, -0.2) is 4.39 Å². The molecule has 0 bridgehead atoms. The van der Waals surface area contributed by atoms with Gasteiger partial charge in [-0.3, -0.25) is 0 Å². The Hall–Kier alpha value is -1.88. The molecular formula is C16H15F4N. The van der Waals surface area contributed by atoms with Crippen molar-refractivity contribution in [2.45, 2.75) is 19.1 Å². The number of hydrogen-bond donors (Lipinski definition) is 1. The van der Waals surface area contributed by atoms with Gasteiger partial charge in [-0.15, -0.1) is 0 Å². The molecule has 0 spiro atoms. The number of alkyl halides is 3. The van der Waals surface area contributed by atoms with Gasteiger partial charge in [0.15, 0.2) is 0 Å². The molecule has 1 atom stereocenters. The van der Waals surface area contributed by atoms with E-state index in [-0.39, 0.29) is 11.9 Å². The molecule has 21 heavy (non-hydrogen) atoms. The van der Waals surface area contributed by atoms with Crippen molar-refractivity contribution in [3.8, 4) is 0 Å². The number of aryl methyl sites for hydroxylation is 1. The maximum atomic E-state index is 13.6. The Labute approximate surface area is 120 Å². The highest BCUT2D eigenvalue weighted by Crippen LogP contribution is 2.31. The summed E-state index contributed by atoms with van der Waals surface area (Å²) in [6.07, 6.45) is -4.36. The van der Waals surface area contributed by atoms with Crippen LogP contribution in [0.25, 0.3) is 0 Å². The van der Waals surface area contributed by atoms with Crippen molar-refractivity contribution < 1.29 is 17.6 Å². The van der Waals surface area contributed by atoms with Gasteiger partial charge in [0.05, 0.1) is 11.6 Å². The average molecular weight is 297 g/mol. The summed E-state index contributed by atoms with van der Waals surface area (Å²) < 4.78 is 51.3. The summed E-state index contributed by atoms with van der Waals surface area (Å²) in [7, 11) is 1.68. The molecule has 5 heteroatoms. The molecule has 0 heterocycles. The van der Waals surface area contributed by atoms with E-state index in [4.69, 9.17) is 0 Å². The average Bonchev–Trinajstić information content (AvgIpc) is 2.43. The second kappa shape index (κ2) is 5.85. The van der Waals surface area contributed by atoms with Gasteiger partial charge in [-0.1, -0.05) is 24.3 Å². The number of halogens is 4. The minimum Gasteiger partial charge on any atom is -0.309 e. The largest absolute Gasteiger partial charge is 0.416 e. The number of benzene rings is 2. The third-order valence-corrected chi connectivity index (χ3v) is 3.39. The lowest BCUT2D eigenvalue weighted by atomic mass is 9.97. The molecule has 0 radical (unpaired) electrons. The Bertz CT molecular complexity index is 617. The van der Waals surface area contributed by atoms with E-state index in [9.17, 15) is 17.6 Å². The fraction of sp³-hybridized carbons (Fsp3) is 0.250. The third-order valence-electron chi connectivity index (χ3n) is 3.39. The van der Waals surface area contributed by atoms with Gasteiger partial charge in [0, 0.05) is 0 Å². The van der Waals surface area contributed by atoms with Crippen LogP contribution in [-0.4, -0.2) is 7.05 Å². The minimum atomic E-state index is -4.36. The highest BCUT2D eigenvalue weighted by molar-refractivity contribution is 5.35. The Morgan fingerprint density at radius 2 is 1.52 bits per heavy atom. The topological polar surface area (TPSA) is 12.0 Å². The van der Waals surface area contributed by atoms with Gasteiger partial charge >= 0.3 is 6.18 Å². The summed E-state index contributed by atoms with van der Waals surface area (Å²) in [6, 6.07) is 9.32. The van der Waals surface area contributed by atoms with Crippen molar-refractivity contribution in [1.82, 2.24) is 5.32 Å². The smallest absolute Gasteiger partial charge is 0.309 e. The minimum absolute atomic E-state index is 0.334. The van der Waals surface area contributed by atoms with Gasteiger partial charge in [0.1, 0.15) is 5.82 Å². The molecule has 2 aromatic carbocycles. The number of rotatable bonds is 3. The molecule has 0 aliphatic rings. The first-order valence-electron chi connectivity index (χ1n) is 6.43. The van der Waals surface area contributed by atoms with E-state index in [1.165, 1.54) is 18.2 Å². The molecule has 0 amide bonds. The standard InChI is InChI=1S/C16H15F4N/c1-10-3-4-12(9-14(10)17)15(21-2)11-5-7-13(8-6-11)16(18,19)20/h3-9,15,21H,1-2H3. The van der Waals surface area contributed by atoms with E-state index in [2.05, 4.69) is 5.32 Å². The van der Waals surface area contributed by atoms with Crippen LogP contribution in [-0.2, 0) is 6.18 Å². The van der Waals surface area contributed by atoms with Gasteiger partial charge in [0.2, 0.25) is 0 Å². The molecule has 2 aromatic rings. The van der Waals surface area contributed by atoms with Gasteiger partial charge < -0.3 is 5.32 Å². The number of hydrogen-bond acceptors (Lipinski definition) is 1. The summed E-state index contributed by atoms with van der Waals surface area (Å²) in [5, 5.41) is 2.99. The fourth-order valence-corrected chi connectivity index (χ4v) is 2.18. The van der Waals surface area contributed by atoms with E-state index in [1.54, 1.807) is 26.1 Å². The molecule has 0 saturated carbocycles. The summed E-state index contributed by atoms with van der Waals surface area (Å²) in [6.45, 7) is 1.66. The Balaban J connectivity index is 2.35. The van der Waals surface area contributed by atoms with Gasteiger partial charge in [-0.05, 0) is 48.9 Å². The van der Waals surface area contributed by atoms with Crippen molar-refractivity contribution in [3.05, 3.63) is 70.5 Å². The molecule has 0 saturated heterocycles. The molecule has 112 valence electrons. The van der Waals surface area contributed by atoms with Crippen molar-refractivity contribution in [1.29, 1.82) is 0 Å². The molecule has 2 rings (SSSR count). The van der Waals surface area contributed by atoms with E-state index in [1.807, 2.05) is 0 Å². The van der Waals surface area contributed by atoms with Crippen LogP contribution in [0.15, 0.2) is 42.5 Å². The zero-order valence-electron chi connectivity index (χ0n) is 11.6. The first kappa shape index (κ1) is 15.5. The van der Waals surface area contributed by atoms with Gasteiger partial charge in [-0.2, -0.15) is 13.2 Å². The highest BCUT2D eigenvalue weighted by Gasteiger charge is 2.30. The second-order valence-corrected chi connectivity index (χ2v) is 4.85. The summed E-state index contributed by atoms with van der Waals surface area (Å²) in [4.78, 5) is 0. The van der Waals surface area contributed by atoms with Crippen molar-refractivity contribution >= 4 is 0 Å². The number of nitrogens with one attached hydrogen (secondary N) is 1. The van der Waals surface area contributed by atoms with Crippen molar-refractivity contribution in [2.75, 3.05) is 7.05 Å². The first-order valence-corrected chi connectivity index (χ1v) is 6.43. The van der Waals surface area contributed by atoms with E-state index >= 15 is 0 Å². The second-order valence-electron chi connectivity index (χ2n) is 4.85. The Kier molecular flexibility index (Phi) is 4.32. The summed E-state index contributed by atoms with van der Waals surface area (Å²) in [5.41, 5.74) is 1.14. The first-order chi connectivity index (χ1) is 9.82. The zero-order chi connectivity index (χ0) is 15.6. The van der Waals surface area contributed by atoms with Crippen LogP contribution in [0.2, 0.25) is 0 Å². The maximum Gasteiger partial charge on any atom is 0.416 e. The van der Waals surface area contributed by atoms with Crippen LogP contribution >= 0.6 is 0 Å². The molecule has 1 N–H and O–H groups in total. The van der Waals surface area contributed by atoms with Crippen LogP contribution in [0.5, 0.6) is 0 Å². The summed E-state index contributed by atoms with van der Waals surface area (Å²) >= 11 is 0. The van der Waals surface area contributed by atoms with Crippen LogP contribution in [0, 0.1) is 12.7 Å². The highest BCUT2D eigenvalue weighted by atomic mass is 19.4. The fourth-order valence-electron chi connectivity index (χ4n) is 2.18. The predicted molar refractivity (Wildman–Crippen MR) is 73.5 cm³/mol. The lowest BCUT2D eigenvalue weighted by Gasteiger charge is -2.18. The van der Waals surface area contributed by atoms with Gasteiger partial charge in [0.25, 0.3) is 0 Å². The lowest BCUT2D eigenvalue weighted by molar-refractivity contribution is -0.137. The molecular weight excluding hydrogens is 282 g/mol. The SMILES string of the molecule is CNC(c1ccc(C(F)(F)F)cc1)c1ccc(C)c(F)c1. The van der Waals surface area contributed by atoms with Crippen LogP contribution < -0.4 is 5.32 Å². The Morgan fingerprint density at radius 1 is 0.952 bits per heavy atom. The summed E-state index contributed by atoms with van der Waals surface area (Å²) in [5.74, 6) is -0.334. The van der Waals surface area contributed by atoms with Crippen LogP contribution in [0.1, 0.15) is 28.3 Å². The van der Waals surface area contributed by atoms with E-state index < -0.39 is 11.7 Å². The van der Waals surface area contributed by atoms with Crippen molar-refractivity contribution in [3.63, 3.8) is 0 Å². The predicted octanol–water partition coefficient (Wildman–Crippen LogP) is 4.46. The molecule has 0 aliphatic carbocycles. The van der Waals surface area contributed by atoms with Crippen LogP contribution in [0.4, 0.5) is 17.6 Å². The quantitative estimate of drug-likeness (QED) is 0.825. The maximum absolute atomic E-state index is 13.6. The molecule has 0 fully saturated rings. The normalized spacial score (nSPS) is 13.2. The third kappa shape index (κ3) is 3.42. The van der Waals surface area contributed by atoms with E-state index in [0.29, 0.717) is 16.7 Å². The molecule has 0 aliphatic heterocycles. The Morgan fingerprint density at radius 3 is 2.00 bits per heavy atom. The lowest BCUT2D eigenvalue weighted by Crippen LogP contribution is -2.18. The van der Waals surface area contributed by atoms with Crippen molar-refractivity contribution in [2.24, 2.45) is 0 Å². The monoisotopic (exact) mass is 297 g/mol.